The minimum absolute atomic E-state index is 0.0434. The van der Waals surface area contributed by atoms with Crippen molar-refractivity contribution in [3.8, 4) is 6.07 Å². The number of nitrogens with zero attached hydrogens (tertiary/aromatic N) is 2. The van der Waals surface area contributed by atoms with E-state index in [1.165, 1.54) is 0 Å². The summed E-state index contributed by atoms with van der Waals surface area (Å²) in [5.41, 5.74) is 2.32. The summed E-state index contributed by atoms with van der Waals surface area (Å²) in [4.78, 5) is 11.1. The second kappa shape index (κ2) is 7.12. The predicted octanol–water partition coefficient (Wildman–Crippen LogP) is 2.86. The molecule has 2 rings (SSSR count). The number of aliphatic carboxylic acids is 1. The fraction of sp³-hybridized carbons (Fsp3) is 0.250. The Balaban J connectivity index is 2.13. The van der Waals surface area contributed by atoms with Crippen LogP contribution in [0.5, 0.6) is 0 Å². The highest BCUT2D eigenvalue weighted by Crippen LogP contribution is 2.21. The van der Waals surface area contributed by atoms with Crippen molar-refractivity contribution >= 4 is 17.6 Å². The molecule has 0 bridgehead atoms. The number of carbonyl (C=O) groups is 1. The SMILES string of the molecule is Cn1cc(CN[C@H](CC(=O)O)c2cccc(Cl)c2)cc1C#N. The van der Waals surface area contributed by atoms with Crippen LogP contribution in [0.2, 0.25) is 5.02 Å². The van der Waals surface area contributed by atoms with Crippen molar-refractivity contribution in [2.75, 3.05) is 0 Å². The van der Waals surface area contributed by atoms with E-state index >= 15 is 0 Å². The highest BCUT2D eigenvalue weighted by molar-refractivity contribution is 6.30. The van der Waals surface area contributed by atoms with E-state index in [1.807, 2.05) is 12.3 Å². The summed E-state index contributed by atoms with van der Waals surface area (Å²) in [7, 11) is 1.80. The minimum Gasteiger partial charge on any atom is -0.481 e. The van der Waals surface area contributed by atoms with Gasteiger partial charge in [0.2, 0.25) is 0 Å². The van der Waals surface area contributed by atoms with Crippen LogP contribution in [-0.2, 0) is 18.4 Å². The monoisotopic (exact) mass is 317 g/mol. The van der Waals surface area contributed by atoms with E-state index in [-0.39, 0.29) is 12.5 Å². The normalized spacial score (nSPS) is 11.9. The second-order valence-electron chi connectivity index (χ2n) is 5.04. The van der Waals surface area contributed by atoms with Gasteiger partial charge in [0.15, 0.2) is 0 Å². The molecule has 0 aliphatic heterocycles. The van der Waals surface area contributed by atoms with Crippen molar-refractivity contribution in [1.29, 1.82) is 5.26 Å². The van der Waals surface area contributed by atoms with Gasteiger partial charge in [0.05, 0.1) is 6.42 Å². The van der Waals surface area contributed by atoms with Crippen LogP contribution in [-0.4, -0.2) is 15.6 Å². The molecule has 5 nitrogen and oxygen atoms in total. The van der Waals surface area contributed by atoms with Gasteiger partial charge in [-0.25, -0.2) is 0 Å². The molecule has 0 fully saturated rings. The average Bonchev–Trinajstić information content (AvgIpc) is 2.83. The van der Waals surface area contributed by atoms with Crippen molar-refractivity contribution in [2.24, 2.45) is 7.05 Å². The lowest BCUT2D eigenvalue weighted by Gasteiger charge is -2.17. The average molecular weight is 318 g/mol. The highest BCUT2D eigenvalue weighted by atomic mass is 35.5. The van der Waals surface area contributed by atoms with Crippen molar-refractivity contribution < 1.29 is 9.90 Å². The van der Waals surface area contributed by atoms with E-state index in [0.29, 0.717) is 17.3 Å². The third-order valence-electron chi connectivity index (χ3n) is 3.36. The lowest BCUT2D eigenvalue weighted by atomic mass is 10.0. The first-order valence-electron chi connectivity index (χ1n) is 6.75. The topological polar surface area (TPSA) is 78.1 Å². The van der Waals surface area contributed by atoms with Crippen LogP contribution in [0.15, 0.2) is 36.5 Å². The number of hydrogen-bond acceptors (Lipinski definition) is 3. The lowest BCUT2D eigenvalue weighted by Crippen LogP contribution is -2.23. The van der Waals surface area contributed by atoms with Crippen LogP contribution in [0.3, 0.4) is 0 Å². The van der Waals surface area contributed by atoms with Crippen LogP contribution in [0.25, 0.3) is 0 Å². The highest BCUT2D eigenvalue weighted by Gasteiger charge is 2.16. The van der Waals surface area contributed by atoms with E-state index < -0.39 is 5.97 Å². The first kappa shape index (κ1) is 16.1. The Labute approximate surface area is 133 Å². The predicted molar refractivity (Wildman–Crippen MR) is 83.4 cm³/mol. The van der Waals surface area contributed by atoms with Crippen molar-refractivity contribution in [3.05, 3.63) is 58.4 Å². The first-order valence-corrected chi connectivity index (χ1v) is 7.13. The molecule has 0 aliphatic rings. The summed E-state index contributed by atoms with van der Waals surface area (Å²) >= 11 is 5.97. The van der Waals surface area contributed by atoms with E-state index in [1.54, 1.807) is 35.9 Å². The fourth-order valence-corrected chi connectivity index (χ4v) is 2.49. The molecule has 1 aromatic heterocycles. The number of hydrogen-bond donors (Lipinski definition) is 2. The van der Waals surface area contributed by atoms with Crippen LogP contribution in [0, 0.1) is 11.3 Å². The van der Waals surface area contributed by atoms with E-state index in [9.17, 15) is 4.79 Å². The molecule has 0 unspecified atom stereocenters. The zero-order valence-electron chi connectivity index (χ0n) is 12.1. The van der Waals surface area contributed by atoms with Crippen molar-refractivity contribution in [3.63, 3.8) is 0 Å². The van der Waals surface area contributed by atoms with Gasteiger partial charge in [-0.15, -0.1) is 0 Å². The molecule has 1 heterocycles. The molecule has 0 amide bonds. The van der Waals surface area contributed by atoms with Gasteiger partial charge in [-0.1, -0.05) is 23.7 Å². The molecular formula is C16H16ClN3O2. The van der Waals surface area contributed by atoms with E-state index in [2.05, 4.69) is 11.4 Å². The molecule has 2 N–H and O–H groups in total. The second-order valence-corrected chi connectivity index (χ2v) is 5.48. The maximum atomic E-state index is 11.1. The Kier molecular flexibility index (Phi) is 5.21. The molecule has 114 valence electrons. The third kappa shape index (κ3) is 4.10. The summed E-state index contributed by atoms with van der Waals surface area (Å²) in [5.74, 6) is -0.886. The van der Waals surface area contributed by atoms with Gasteiger partial charge in [-0.05, 0) is 29.3 Å². The zero-order valence-corrected chi connectivity index (χ0v) is 12.8. The molecule has 2 aromatic rings. The Morgan fingerprint density at radius 1 is 1.50 bits per heavy atom. The Hall–Kier alpha value is -2.29. The van der Waals surface area contributed by atoms with E-state index in [4.69, 9.17) is 22.0 Å². The molecule has 0 saturated carbocycles. The number of nitrogens with one attached hydrogen (secondary N) is 1. The molecule has 0 aliphatic carbocycles. The number of carboxylic acid groups (broad SMARTS) is 1. The fourth-order valence-electron chi connectivity index (χ4n) is 2.29. The van der Waals surface area contributed by atoms with Crippen molar-refractivity contribution in [1.82, 2.24) is 9.88 Å². The Morgan fingerprint density at radius 2 is 2.27 bits per heavy atom. The molecule has 6 heteroatoms. The number of halogens is 1. The van der Waals surface area contributed by atoms with Crippen molar-refractivity contribution in [2.45, 2.75) is 19.0 Å². The molecular weight excluding hydrogens is 302 g/mol. The van der Waals surface area contributed by atoms with Crippen LogP contribution in [0.1, 0.15) is 29.3 Å². The quantitative estimate of drug-likeness (QED) is 0.858. The van der Waals surface area contributed by atoms with Gasteiger partial charge >= 0.3 is 5.97 Å². The number of benzene rings is 1. The largest absolute Gasteiger partial charge is 0.481 e. The van der Waals surface area contributed by atoms with Crippen LogP contribution in [0.4, 0.5) is 0 Å². The van der Waals surface area contributed by atoms with Crippen LogP contribution < -0.4 is 5.32 Å². The molecule has 1 aromatic carbocycles. The standard InChI is InChI=1S/C16H16ClN3O2/c1-20-10-11(5-14(20)8-18)9-19-15(7-16(21)22)12-3-2-4-13(17)6-12/h2-6,10,15,19H,7,9H2,1H3,(H,21,22)/t15-/m1/s1. The third-order valence-corrected chi connectivity index (χ3v) is 3.59. The summed E-state index contributed by atoms with van der Waals surface area (Å²) in [6, 6.07) is 10.7. The van der Waals surface area contributed by atoms with Gasteiger partial charge in [0, 0.05) is 30.9 Å². The van der Waals surface area contributed by atoms with Gasteiger partial charge in [-0.2, -0.15) is 5.26 Å². The molecule has 0 saturated heterocycles. The number of rotatable bonds is 6. The van der Waals surface area contributed by atoms with Crippen LogP contribution >= 0.6 is 11.6 Å². The summed E-state index contributed by atoms with van der Waals surface area (Å²) in [6.07, 6.45) is 1.81. The smallest absolute Gasteiger partial charge is 0.305 e. The molecule has 1 atom stereocenters. The summed E-state index contributed by atoms with van der Waals surface area (Å²) < 4.78 is 1.74. The summed E-state index contributed by atoms with van der Waals surface area (Å²) in [6.45, 7) is 0.472. The summed E-state index contributed by atoms with van der Waals surface area (Å²) in [5, 5.41) is 21.8. The molecule has 0 spiro atoms. The van der Waals surface area contributed by atoms with E-state index in [0.717, 1.165) is 11.1 Å². The van der Waals surface area contributed by atoms with Gasteiger partial charge < -0.3 is 15.0 Å². The number of aryl methyl sites for hydroxylation is 1. The first-order chi connectivity index (χ1) is 10.5. The Bertz CT molecular complexity index is 718. The lowest BCUT2D eigenvalue weighted by molar-refractivity contribution is -0.137. The molecule has 0 radical (unpaired) electrons. The number of aromatic nitrogens is 1. The number of carboxylic acids is 1. The number of nitriles is 1. The van der Waals surface area contributed by atoms with Gasteiger partial charge in [0.25, 0.3) is 0 Å². The zero-order chi connectivity index (χ0) is 16.1. The maximum Gasteiger partial charge on any atom is 0.305 e. The van der Waals surface area contributed by atoms with Gasteiger partial charge in [0.1, 0.15) is 11.8 Å². The van der Waals surface area contributed by atoms with Gasteiger partial charge in [-0.3, -0.25) is 4.79 Å². The maximum absolute atomic E-state index is 11.1. The Morgan fingerprint density at radius 3 is 2.86 bits per heavy atom. The minimum atomic E-state index is -0.886. The molecule has 22 heavy (non-hydrogen) atoms.